The SMILES string of the molecule is CCOC(=O)C(C)C[Si](F)(F)F. The fourth-order valence-corrected chi connectivity index (χ4v) is 1.58. The van der Waals surface area contributed by atoms with Crippen LogP contribution < -0.4 is 0 Å². The van der Waals surface area contributed by atoms with Crippen molar-refractivity contribution in [3.63, 3.8) is 0 Å². The molecular formula is C6H11F3O2Si. The molecule has 0 spiro atoms. The van der Waals surface area contributed by atoms with Crippen LogP contribution in [0.5, 0.6) is 0 Å². The van der Waals surface area contributed by atoms with Crippen LogP contribution in [0.1, 0.15) is 13.8 Å². The van der Waals surface area contributed by atoms with Gasteiger partial charge in [0.15, 0.2) is 0 Å². The van der Waals surface area contributed by atoms with Crippen molar-refractivity contribution in [1.82, 2.24) is 0 Å². The van der Waals surface area contributed by atoms with Crippen LogP contribution in [-0.2, 0) is 9.53 Å². The van der Waals surface area contributed by atoms with Crippen molar-refractivity contribution in [3.8, 4) is 0 Å². The van der Waals surface area contributed by atoms with Crippen LogP contribution in [0.4, 0.5) is 12.3 Å². The summed E-state index contributed by atoms with van der Waals surface area (Å²) >= 11 is 0. The largest absolute Gasteiger partial charge is 0.616 e. The Balaban J connectivity index is 3.87. The van der Waals surface area contributed by atoms with E-state index in [0.717, 1.165) is 0 Å². The molecule has 2 nitrogen and oxygen atoms in total. The quantitative estimate of drug-likeness (QED) is 0.394. The molecule has 0 bridgehead atoms. The highest BCUT2D eigenvalue weighted by Crippen LogP contribution is 2.21. The molecule has 0 aromatic carbocycles. The van der Waals surface area contributed by atoms with E-state index < -0.39 is 27.0 Å². The van der Waals surface area contributed by atoms with E-state index in [1.165, 1.54) is 6.92 Å². The van der Waals surface area contributed by atoms with Gasteiger partial charge in [0.25, 0.3) is 0 Å². The number of ether oxygens (including phenoxy) is 1. The summed E-state index contributed by atoms with van der Waals surface area (Å²) in [6, 6.07) is -0.980. The Morgan fingerprint density at radius 2 is 2.00 bits per heavy atom. The van der Waals surface area contributed by atoms with Crippen LogP contribution >= 0.6 is 0 Å². The lowest BCUT2D eigenvalue weighted by Crippen LogP contribution is -2.24. The Kier molecular flexibility index (Phi) is 4.29. The molecule has 0 fully saturated rings. The van der Waals surface area contributed by atoms with Gasteiger partial charge in [-0.2, -0.15) is 0 Å². The Bertz CT molecular complexity index is 157. The standard InChI is InChI=1S/C6H11F3O2Si/c1-3-11-6(10)5(2)4-12(7,8)9/h5H,3-4H2,1-2H3. The zero-order valence-corrected chi connectivity index (χ0v) is 7.94. The zero-order chi connectivity index (χ0) is 9.78. The third-order valence-electron chi connectivity index (χ3n) is 1.23. The fourth-order valence-electron chi connectivity index (χ4n) is 0.715. The minimum Gasteiger partial charge on any atom is -0.466 e. The van der Waals surface area contributed by atoms with Gasteiger partial charge in [0.05, 0.1) is 12.5 Å². The fraction of sp³-hybridized carbons (Fsp3) is 0.833. The molecule has 0 saturated carbocycles. The highest BCUT2D eigenvalue weighted by Gasteiger charge is 2.40. The van der Waals surface area contributed by atoms with Gasteiger partial charge in [0, 0.05) is 6.04 Å². The molecule has 0 aliphatic heterocycles. The van der Waals surface area contributed by atoms with E-state index in [2.05, 4.69) is 4.74 Å². The van der Waals surface area contributed by atoms with Crippen molar-refractivity contribution < 1.29 is 21.9 Å². The molecular weight excluding hydrogens is 189 g/mol. The van der Waals surface area contributed by atoms with E-state index in [9.17, 15) is 17.1 Å². The van der Waals surface area contributed by atoms with Crippen molar-refractivity contribution in [3.05, 3.63) is 0 Å². The average Bonchev–Trinajstić information content (AvgIpc) is 1.84. The molecule has 1 unspecified atom stereocenters. The van der Waals surface area contributed by atoms with E-state index in [1.807, 2.05) is 0 Å². The predicted octanol–water partition coefficient (Wildman–Crippen LogP) is 2.03. The molecule has 6 heteroatoms. The average molecular weight is 200 g/mol. The minimum atomic E-state index is -5.61. The molecule has 0 heterocycles. The second-order valence-corrected chi connectivity index (χ2v) is 4.11. The maximum Gasteiger partial charge on any atom is 0.616 e. The highest BCUT2D eigenvalue weighted by molar-refractivity contribution is 6.58. The lowest BCUT2D eigenvalue weighted by Gasteiger charge is -2.09. The Morgan fingerprint density at radius 1 is 1.50 bits per heavy atom. The van der Waals surface area contributed by atoms with Crippen LogP contribution in [0.15, 0.2) is 0 Å². The number of esters is 1. The van der Waals surface area contributed by atoms with Crippen molar-refractivity contribution in [1.29, 1.82) is 0 Å². The van der Waals surface area contributed by atoms with Crippen LogP contribution in [0.2, 0.25) is 6.04 Å². The monoisotopic (exact) mass is 200 g/mol. The van der Waals surface area contributed by atoms with Crippen LogP contribution in [-0.4, -0.2) is 21.7 Å². The Hall–Kier alpha value is -0.523. The molecule has 1 atom stereocenters. The van der Waals surface area contributed by atoms with Crippen molar-refractivity contribution in [2.45, 2.75) is 19.9 Å². The molecule has 0 aromatic heterocycles. The van der Waals surface area contributed by atoms with Gasteiger partial charge in [-0.25, -0.2) is 12.3 Å². The van der Waals surface area contributed by atoms with E-state index in [1.54, 1.807) is 6.92 Å². The van der Waals surface area contributed by atoms with E-state index in [0.29, 0.717) is 0 Å². The van der Waals surface area contributed by atoms with Gasteiger partial charge < -0.3 is 4.74 Å². The maximum atomic E-state index is 11.8. The summed E-state index contributed by atoms with van der Waals surface area (Å²) in [6.07, 6.45) is 0. The van der Waals surface area contributed by atoms with Crippen molar-refractivity contribution in [2.24, 2.45) is 5.92 Å². The van der Waals surface area contributed by atoms with Gasteiger partial charge in [-0.3, -0.25) is 4.79 Å². The highest BCUT2D eigenvalue weighted by atomic mass is 28.5. The number of rotatable bonds is 4. The first-order valence-corrected chi connectivity index (χ1v) is 5.44. The summed E-state index contributed by atoms with van der Waals surface area (Å²) in [7, 11) is -5.61. The molecule has 72 valence electrons. The molecule has 0 N–H and O–H groups in total. The minimum absolute atomic E-state index is 0.128. The summed E-state index contributed by atoms with van der Waals surface area (Å²) < 4.78 is 39.9. The lowest BCUT2D eigenvalue weighted by atomic mass is 10.2. The maximum absolute atomic E-state index is 11.8. The van der Waals surface area contributed by atoms with Crippen molar-refractivity contribution >= 4 is 15.0 Å². The molecule has 0 saturated heterocycles. The molecule has 0 aliphatic rings. The summed E-state index contributed by atoms with van der Waals surface area (Å²) in [6.45, 7) is 2.93. The molecule has 0 aromatic rings. The van der Waals surface area contributed by atoms with Crippen LogP contribution in [0, 0.1) is 5.92 Å². The smallest absolute Gasteiger partial charge is 0.466 e. The topological polar surface area (TPSA) is 26.3 Å². The normalized spacial score (nSPS) is 14.1. The lowest BCUT2D eigenvalue weighted by molar-refractivity contribution is -0.146. The van der Waals surface area contributed by atoms with Gasteiger partial charge in [-0.05, 0) is 6.92 Å². The Labute approximate surface area is 70.2 Å². The first-order chi connectivity index (χ1) is 5.37. The second-order valence-electron chi connectivity index (χ2n) is 2.47. The van der Waals surface area contributed by atoms with Gasteiger partial charge in [0.1, 0.15) is 0 Å². The van der Waals surface area contributed by atoms with Gasteiger partial charge in [-0.1, -0.05) is 6.92 Å². The van der Waals surface area contributed by atoms with E-state index in [4.69, 9.17) is 0 Å². The third-order valence-corrected chi connectivity index (χ3v) is 2.30. The first-order valence-electron chi connectivity index (χ1n) is 3.60. The summed E-state index contributed by atoms with van der Waals surface area (Å²) in [5, 5.41) is 0. The van der Waals surface area contributed by atoms with E-state index >= 15 is 0 Å². The number of halogens is 3. The summed E-state index contributed by atoms with van der Waals surface area (Å²) in [5.74, 6) is -1.81. The molecule has 0 radical (unpaired) electrons. The van der Waals surface area contributed by atoms with Gasteiger partial charge in [0.2, 0.25) is 0 Å². The molecule has 0 amide bonds. The van der Waals surface area contributed by atoms with Crippen LogP contribution in [0.3, 0.4) is 0 Å². The third kappa shape index (κ3) is 5.17. The predicted molar refractivity (Wildman–Crippen MR) is 39.7 cm³/mol. The molecule has 0 rings (SSSR count). The van der Waals surface area contributed by atoms with Crippen LogP contribution in [0.25, 0.3) is 0 Å². The Morgan fingerprint density at radius 3 is 2.33 bits per heavy atom. The molecule has 12 heavy (non-hydrogen) atoms. The summed E-state index contributed by atoms with van der Waals surface area (Å²) in [5.41, 5.74) is 0. The number of hydrogen-bond donors (Lipinski definition) is 0. The molecule has 0 aliphatic carbocycles. The zero-order valence-electron chi connectivity index (χ0n) is 6.94. The number of carbonyl (C=O) groups excluding carboxylic acids is 1. The summed E-state index contributed by atoms with van der Waals surface area (Å²) in [4.78, 5) is 10.7. The second kappa shape index (κ2) is 4.49. The van der Waals surface area contributed by atoms with Gasteiger partial charge >= 0.3 is 15.0 Å². The van der Waals surface area contributed by atoms with Crippen molar-refractivity contribution in [2.75, 3.05) is 6.61 Å². The first kappa shape index (κ1) is 11.5. The van der Waals surface area contributed by atoms with E-state index in [-0.39, 0.29) is 6.61 Å². The number of hydrogen-bond acceptors (Lipinski definition) is 2. The number of carbonyl (C=O) groups is 1. The van der Waals surface area contributed by atoms with Gasteiger partial charge in [-0.15, -0.1) is 0 Å².